The molecule has 2 aliphatic rings. The fourth-order valence-corrected chi connectivity index (χ4v) is 4.66. The van der Waals surface area contributed by atoms with Crippen LogP contribution >= 0.6 is 11.3 Å². The van der Waals surface area contributed by atoms with Crippen molar-refractivity contribution in [2.75, 3.05) is 19.6 Å². The van der Waals surface area contributed by atoms with Gasteiger partial charge in [-0.2, -0.15) is 0 Å². The monoisotopic (exact) mass is 387 g/mol. The van der Waals surface area contributed by atoms with E-state index in [0.29, 0.717) is 13.1 Å². The van der Waals surface area contributed by atoms with Gasteiger partial charge in [0, 0.05) is 19.0 Å². The lowest BCUT2D eigenvalue weighted by Gasteiger charge is -2.32. The van der Waals surface area contributed by atoms with E-state index in [2.05, 4.69) is 6.07 Å². The summed E-state index contributed by atoms with van der Waals surface area (Å²) in [5, 5.41) is 1.03. The number of fused-ring (bicyclic) bond motifs is 1. The molecular weight excluding hydrogens is 366 g/mol. The second-order valence-corrected chi connectivity index (χ2v) is 8.53. The van der Waals surface area contributed by atoms with Gasteiger partial charge in [-0.15, -0.1) is 11.3 Å². The third-order valence-corrected chi connectivity index (χ3v) is 6.25. The van der Waals surface area contributed by atoms with E-state index in [9.17, 15) is 14.4 Å². The van der Waals surface area contributed by atoms with Crippen LogP contribution in [0.4, 0.5) is 4.79 Å². The van der Waals surface area contributed by atoms with Crippen LogP contribution in [0, 0.1) is 0 Å². The van der Waals surface area contributed by atoms with Gasteiger partial charge in [-0.05, 0) is 38.8 Å². The lowest BCUT2D eigenvalue weighted by atomic mass is 9.98. The first kappa shape index (κ1) is 17.9. The largest absolute Gasteiger partial charge is 0.433 e. The summed E-state index contributed by atoms with van der Waals surface area (Å²) in [7, 11) is 0. The Morgan fingerprint density at radius 2 is 2.11 bits per heavy atom. The first-order valence-electron chi connectivity index (χ1n) is 9.03. The molecule has 8 heteroatoms. The number of carbonyl (C=O) groups is 3. The molecule has 142 valence electrons. The highest BCUT2D eigenvalue weighted by atomic mass is 32.1. The number of rotatable bonds is 3. The van der Waals surface area contributed by atoms with Gasteiger partial charge in [-0.25, -0.2) is 14.7 Å². The minimum Gasteiger partial charge on any atom is -0.433 e. The molecule has 1 aromatic heterocycles. The van der Waals surface area contributed by atoms with Gasteiger partial charge in [0.1, 0.15) is 6.54 Å². The molecule has 1 aromatic carbocycles. The Labute approximate surface area is 160 Å². The van der Waals surface area contributed by atoms with Crippen LogP contribution in [0.2, 0.25) is 0 Å². The zero-order chi connectivity index (χ0) is 19.2. The highest BCUT2D eigenvalue weighted by Crippen LogP contribution is 2.33. The number of imide groups is 1. The molecule has 0 unspecified atom stereocenters. The Morgan fingerprint density at radius 1 is 1.33 bits per heavy atom. The summed E-state index contributed by atoms with van der Waals surface area (Å²) in [5.41, 5.74) is -0.225. The third kappa shape index (κ3) is 3.29. The lowest BCUT2D eigenvalue weighted by molar-refractivity contribution is -0.140. The van der Waals surface area contributed by atoms with Crippen molar-refractivity contribution in [3.05, 3.63) is 29.3 Å². The summed E-state index contributed by atoms with van der Waals surface area (Å²) in [6, 6.07) is 8.01. The number of carbonyl (C=O) groups excluding carboxylic acids is 3. The quantitative estimate of drug-likeness (QED) is 0.809. The van der Waals surface area contributed by atoms with Crippen LogP contribution in [-0.4, -0.2) is 57.9 Å². The van der Waals surface area contributed by atoms with Crippen LogP contribution in [0.3, 0.4) is 0 Å². The standard InChI is InChI=1S/C19H21N3O4S/c1-19(2)17(24)22(18(25)26-19)11-15(23)21-9-5-6-12(10-21)16-20-13-7-3-4-8-14(13)27-16/h3-4,7-8,12H,5-6,9-11H2,1-2H3/t12-/m1/s1. The molecule has 2 saturated heterocycles. The molecule has 0 aliphatic carbocycles. The zero-order valence-electron chi connectivity index (χ0n) is 15.3. The Hall–Kier alpha value is -2.48. The average Bonchev–Trinajstić information content (AvgIpc) is 3.16. The lowest BCUT2D eigenvalue weighted by Crippen LogP contribution is -2.47. The van der Waals surface area contributed by atoms with E-state index in [0.717, 1.165) is 33.0 Å². The molecule has 0 bridgehead atoms. The van der Waals surface area contributed by atoms with E-state index in [4.69, 9.17) is 9.72 Å². The van der Waals surface area contributed by atoms with E-state index in [-0.39, 0.29) is 18.4 Å². The number of ether oxygens (including phenoxy) is 1. The van der Waals surface area contributed by atoms with Crippen LogP contribution in [0.15, 0.2) is 24.3 Å². The molecule has 0 N–H and O–H groups in total. The van der Waals surface area contributed by atoms with Crippen LogP contribution in [0.1, 0.15) is 37.6 Å². The number of aromatic nitrogens is 1. The number of hydrogen-bond donors (Lipinski definition) is 0. The van der Waals surface area contributed by atoms with Gasteiger partial charge < -0.3 is 9.64 Å². The molecule has 0 saturated carbocycles. The molecule has 2 aromatic rings. The highest BCUT2D eigenvalue weighted by Gasteiger charge is 2.48. The maximum atomic E-state index is 12.7. The van der Waals surface area contributed by atoms with Crippen molar-refractivity contribution in [1.29, 1.82) is 0 Å². The number of benzene rings is 1. The minimum atomic E-state index is -1.21. The number of hydrogen-bond acceptors (Lipinski definition) is 6. The van der Waals surface area contributed by atoms with Crippen molar-refractivity contribution in [1.82, 2.24) is 14.8 Å². The van der Waals surface area contributed by atoms with E-state index >= 15 is 0 Å². The smallest absolute Gasteiger partial charge is 0.418 e. The van der Waals surface area contributed by atoms with Crippen molar-refractivity contribution < 1.29 is 19.1 Å². The van der Waals surface area contributed by atoms with Gasteiger partial charge in [-0.1, -0.05) is 12.1 Å². The molecule has 0 spiro atoms. The molecule has 3 heterocycles. The minimum absolute atomic E-state index is 0.178. The van der Waals surface area contributed by atoms with Gasteiger partial charge in [0.05, 0.1) is 15.2 Å². The maximum Gasteiger partial charge on any atom is 0.418 e. The van der Waals surface area contributed by atoms with Crippen molar-refractivity contribution in [2.45, 2.75) is 38.2 Å². The van der Waals surface area contributed by atoms with E-state index in [1.54, 1.807) is 16.2 Å². The second-order valence-electron chi connectivity index (χ2n) is 7.47. The molecule has 3 amide bonds. The number of piperidine rings is 1. The Kier molecular flexibility index (Phi) is 4.38. The fourth-order valence-electron chi connectivity index (χ4n) is 3.57. The number of likely N-dealkylation sites (tertiary alicyclic amines) is 1. The fraction of sp³-hybridized carbons (Fsp3) is 0.474. The molecular formula is C19H21N3O4S. The number of amides is 3. The van der Waals surface area contributed by atoms with E-state index < -0.39 is 17.6 Å². The Morgan fingerprint density at radius 3 is 2.81 bits per heavy atom. The van der Waals surface area contributed by atoms with Crippen molar-refractivity contribution in [3.8, 4) is 0 Å². The molecule has 4 rings (SSSR count). The van der Waals surface area contributed by atoms with E-state index in [1.807, 2.05) is 18.2 Å². The van der Waals surface area contributed by atoms with Crippen LogP contribution in [-0.2, 0) is 14.3 Å². The predicted molar refractivity (Wildman–Crippen MR) is 100 cm³/mol. The summed E-state index contributed by atoms with van der Waals surface area (Å²) in [6.45, 7) is 3.97. The van der Waals surface area contributed by atoms with Crippen LogP contribution < -0.4 is 0 Å². The topological polar surface area (TPSA) is 79.8 Å². The molecule has 2 aliphatic heterocycles. The summed E-state index contributed by atoms with van der Waals surface area (Å²) in [4.78, 5) is 44.2. The first-order valence-corrected chi connectivity index (χ1v) is 9.85. The van der Waals surface area contributed by atoms with Crippen molar-refractivity contribution in [3.63, 3.8) is 0 Å². The number of para-hydroxylation sites is 1. The molecule has 27 heavy (non-hydrogen) atoms. The van der Waals surface area contributed by atoms with Crippen LogP contribution in [0.25, 0.3) is 10.2 Å². The summed E-state index contributed by atoms with van der Waals surface area (Å²) >= 11 is 1.66. The van der Waals surface area contributed by atoms with Gasteiger partial charge in [0.25, 0.3) is 5.91 Å². The SMILES string of the molecule is CC1(C)OC(=O)N(CC(=O)N2CCC[C@@H](c3nc4ccccc4s3)C2)C1=O. The third-order valence-electron chi connectivity index (χ3n) is 5.05. The predicted octanol–water partition coefficient (Wildman–Crippen LogP) is 2.76. The average molecular weight is 387 g/mol. The van der Waals surface area contributed by atoms with Gasteiger partial charge in [0.15, 0.2) is 5.60 Å². The highest BCUT2D eigenvalue weighted by molar-refractivity contribution is 7.18. The zero-order valence-corrected chi connectivity index (χ0v) is 16.1. The normalized spacial score (nSPS) is 22.4. The molecule has 0 radical (unpaired) electrons. The molecule has 1 atom stereocenters. The Bertz CT molecular complexity index is 890. The maximum absolute atomic E-state index is 12.7. The summed E-state index contributed by atoms with van der Waals surface area (Å²) in [5.74, 6) is -0.526. The van der Waals surface area contributed by atoms with Gasteiger partial charge in [0.2, 0.25) is 5.91 Å². The number of nitrogens with zero attached hydrogens (tertiary/aromatic N) is 3. The first-order chi connectivity index (χ1) is 12.8. The number of cyclic esters (lactones) is 1. The molecule has 2 fully saturated rings. The van der Waals surface area contributed by atoms with Crippen molar-refractivity contribution in [2.24, 2.45) is 0 Å². The second kappa shape index (κ2) is 6.60. The Balaban J connectivity index is 1.45. The van der Waals surface area contributed by atoms with Crippen molar-refractivity contribution >= 4 is 39.5 Å². The molecule has 7 nitrogen and oxygen atoms in total. The number of thiazole rings is 1. The summed E-state index contributed by atoms with van der Waals surface area (Å²) < 4.78 is 6.19. The van der Waals surface area contributed by atoms with Gasteiger partial charge in [-0.3, -0.25) is 9.59 Å². The van der Waals surface area contributed by atoms with Crippen LogP contribution in [0.5, 0.6) is 0 Å². The van der Waals surface area contributed by atoms with E-state index in [1.165, 1.54) is 13.8 Å². The van der Waals surface area contributed by atoms with Gasteiger partial charge >= 0.3 is 6.09 Å². The summed E-state index contributed by atoms with van der Waals surface area (Å²) in [6.07, 6.45) is 1.09.